The van der Waals surface area contributed by atoms with Crippen molar-refractivity contribution in [2.45, 2.75) is 6.61 Å². The number of hydroxylamine groups is 1. The van der Waals surface area contributed by atoms with Crippen LogP contribution in [-0.4, -0.2) is 15.5 Å². The fourth-order valence-corrected chi connectivity index (χ4v) is 1.93. The number of hydrogen-bond acceptors (Lipinski definition) is 3. The van der Waals surface area contributed by atoms with Gasteiger partial charge in [0.2, 0.25) is 0 Å². The van der Waals surface area contributed by atoms with E-state index in [1.54, 1.807) is 35.0 Å². The Labute approximate surface area is 115 Å². The lowest BCUT2D eigenvalue weighted by molar-refractivity contribution is 0.0237. The predicted molar refractivity (Wildman–Crippen MR) is 73.9 cm³/mol. The maximum Gasteiger partial charge on any atom is 0.274 e. The minimum atomic E-state index is -0.262. The van der Waals surface area contributed by atoms with Crippen LogP contribution in [0.15, 0.2) is 60.9 Å². The minimum Gasteiger partial charge on any atom is -0.268 e. The zero-order valence-electron chi connectivity index (χ0n) is 10.7. The summed E-state index contributed by atoms with van der Waals surface area (Å²) < 4.78 is 1.76. The molecular formula is C15H13N3O2. The maximum atomic E-state index is 11.8. The fourth-order valence-electron chi connectivity index (χ4n) is 1.93. The zero-order valence-corrected chi connectivity index (χ0v) is 10.7. The molecule has 3 rings (SSSR count). The zero-order chi connectivity index (χ0) is 13.8. The van der Waals surface area contributed by atoms with E-state index >= 15 is 0 Å². The number of rotatable bonds is 4. The van der Waals surface area contributed by atoms with Gasteiger partial charge in [-0.05, 0) is 24.3 Å². The molecule has 1 aromatic carbocycles. The van der Waals surface area contributed by atoms with Crippen LogP contribution >= 0.6 is 0 Å². The van der Waals surface area contributed by atoms with Crippen LogP contribution in [-0.2, 0) is 11.4 Å². The maximum absolute atomic E-state index is 11.8. The molecule has 0 unspecified atom stereocenters. The Balaban J connectivity index is 1.62. The number of amides is 1. The van der Waals surface area contributed by atoms with Gasteiger partial charge in [0.1, 0.15) is 6.61 Å². The molecule has 1 N–H and O–H groups in total. The molecule has 0 fully saturated rings. The highest BCUT2D eigenvalue weighted by molar-refractivity contribution is 5.93. The molecule has 0 radical (unpaired) electrons. The van der Waals surface area contributed by atoms with Crippen LogP contribution in [0.3, 0.4) is 0 Å². The number of hydrogen-bond donors (Lipinski definition) is 1. The molecule has 3 aromatic rings. The third-order valence-corrected chi connectivity index (χ3v) is 2.93. The quantitative estimate of drug-likeness (QED) is 0.737. The number of benzene rings is 1. The second kappa shape index (κ2) is 5.54. The summed E-state index contributed by atoms with van der Waals surface area (Å²) >= 11 is 0. The third kappa shape index (κ3) is 2.53. The van der Waals surface area contributed by atoms with E-state index in [9.17, 15) is 4.79 Å². The second-order valence-corrected chi connectivity index (χ2v) is 4.29. The van der Waals surface area contributed by atoms with Crippen LogP contribution in [0.5, 0.6) is 0 Å². The average Bonchev–Trinajstić information content (AvgIpc) is 2.92. The molecule has 1 amide bonds. The number of carbonyl (C=O) groups excluding carboxylic acids is 1. The predicted octanol–water partition coefficient (Wildman–Crippen LogP) is 2.20. The lowest BCUT2D eigenvalue weighted by Gasteiger charge is -2.05. The highest BCUT2D eigenvalue weighted by Gasteiger charge is 2.06. The van der Waals surface area contributed by atoms with Gasteiger partial charge in [0.25, 0.3) is 5.91 Å². The molecule has 100 valence electrons. The van der Waals surface area contributed by atoms with E-state index in [0.29, 0.717) is 5.56 Å². The summed E-state index contributed by atoms with van der Waals surface area (Å²) in [6.07, 6.45) is 3.59. The molecule has 0 aliphatic rings. The Morgan fingerprint density at radius 2 is 1.95 bits per heavy atom. The third-order valence-electron chi connectivity index (χ3n) is 2.93. The molecule has 0 saturated heterocycles. The largest absolute Gasteiger partial charge is 0.274 e. The second-order valence-electron chi connectivity index (χ2n) is 4.29. The van der Waals surface area contributed by atoms with Gasteiger partial charge in [0, 0.05) is 17.3 Å². The van der Waals surface area contributed by atoms with Crippen molar-refractivity contribution >= 4 is 11.4 Å². The first kappa shape index (κ1) is 12.4. The van der Waals surface area contributed by atoms with E-state index in [1.807, 2.05) is 30.5 Å². The van der Waals surface area contributed by atoms with Gasteiger partial charge < -0.3 is 0 Å². The molecule has 5 heteroatoms. The first-order valence-electron chi connectivity index (χ1n) is 6.23. The molecule has 0 atom stereocenters. The van der Waals surface area contributed by atoms with Gasteiger partial charge in [0.05, 0.1) is 11.7 Å². The van der Waals surface area contributed by atoms with Crippen molar-refractivity contribution in [2.75, 3.05) is 0 Å². The van der Waals surface area contributed by atoms with Crippen molar-refractivity contribution in [2.24, 2.45) is 0 Å². The molecule has 0 aliphatic carbocycles. The van der Waals surface area contributed by atoms with E-state index in [-0.39, 0.29) is 12.5 Å². The van der Waals surface area contributed by atoms with Crippen molar-refractivity contribution in [3.05, 3.63) is 72.1 Å². The number of nitrogens with zero attached hydrogens (tertiary/aromatic N) is 2. The van der Waals surface area contributed by atoms with E-state index in [4.69, 9.17) is 4.84 Å². The lowest BCUT2D eigenvalue weighted by atomic mass is 10.2. The van der Waals surface area contributed by atoms with Gasteiger partial charge in [-0.1, -0.05) is 24.3 Å². The SMILES string of the molecule is O=C(NOCc1cnn2ccccc12)c1ccccc1. The first-order chi connectivity index (χ1) is 9.84. The number of aromatic nitrogens is 2. The minimum absolute atomic E-state index is 0.262. The summed E-state index contributed by atoms with van der Waals surface area (Å²) in [5.41, 5.74) is 4.86. The summed E-state index contributed by atoms with van der Waals surface area (Å²) in [5.74, 6) is -0.262. The van der Waals surface area contributed by atoms with Crippen LogP contribution in [0.25, 0.3) is 5.52 Å². The molecule has 2 heterocycles. The molecule has 0 spiro atoms. The average molecular weight is 267 g/mol. The van der Waals surface area contributed by atoms with Gasteiger partial charge in [-0.25, -0.2) is 10.00 Å². The topological polar surface area (TPSA) is 55.6 Å². The van der Waals surface area contributed by atoms with Crippen molar-refractivity contribution in [3.8, 4) is 0 Å². The Bertz CT molecular complexity index is 722. The standard InChI is InChI=1S/C15H13N3O2/c19-15(12-6-2-1-3-7-12)17-20-11-13-10-16-18-9-5-4-8-14(13)18/h1-10H,11H2,(H,17,19). The first-order valence-corrected chi connectivity index (χ1v) is 6.23. The number of fused-ring (bicyclic) bond motifs is 1. The van der Waals surface area contributed by atoms with E-state index < -0.39 is 0 Å². The highest BCUT2D eigenvalue weighted by Crippen LogP contribution is 2.10. The normalized spacial score (nSPS) is 10.6. The van der Waals surface area contributed by atoms with Crippen LogP contribution in [0.1, 0.15) is 15.9 Å². The summed E-state index contributed by atoms with van der Waals surface area (Å²) in [6.45, 7) is 0.270. The van der Waals surface area contributed by atoms with Crippen molar-refractivity contribution in [3.63, 3.8) is 0 Å². The monoisotopic (exact) mass is 267 g/mol. The van der Waals surface area contributed by atoms with E-state index in [1.165, 1.54) is 0 Å². The molecule has 20 heavy (non-hydrogen) atoms. The molecule has 0 aliphatic heterocycles. The van der Waals surface area contributed by atoms with Gasteiger partial charge in [-0.15, -0.1) is 0 Å². The number of carbonyl (C=O) groups is 1. The van der Waals surface area contributed by atoms with E-state index in [2.05, 4.69) is 10.6 Å². The van der Waals surface area contributed by atoms with Crippen LogP contribution in [0.2, 0.25) is 0 Å². The molecule has 0 bridgehead atoms. The summed E-state index contributed by atoms with van der Waals surface area (Å²) in [5, 5.41) is 4.20. The number of nitrogens with one attached hydrogen (secondary N) is 1. The lowest BCUT2D eigenvalue weighted by Crippen LogP contribution is -2.23. The van der Waals surface area contributed by atoms with Gasteiger partial charge in [0.15, 0.2) is 0 Å². The van der Waals surface area contributed by atoms with Crippen LogP contribution < -0.4 is 5.48 Å². The van der Waals surface area contributed by atoms with Crippen LogP contribution in [0.4, 0.5) is 0 Å². The Morgan fingerprint density at radius 1 is 1.15 bits per heavy atom. The van der Waals surface area contributed by atoms with Crippen molar-refractivity contribution < 1.29 is 9.63 Å². The highest BCUT2D eigenvalue weighted by atomic mass is 16.6. The van der Waals surface area contributed by atoms with Gasteiger partial charge in [-0.2, -0.15) is 5.10 Å². The van der Waals surface area contributed by atoms with Crippen molar-refractivity contribution in [1.82, 2.24) is 15.1 Å². The summed E-state index contributed by atoms with van der Waals surface area (Å²) in [4.78, 5) is 17.0. The number of pyridine rings is 1. The smallest absolute Gasteiger partial charge is 0.268 e. The van der Waals surface area contributed by atoms with Gasteiger partial charge in [-0.3, -0.25) is 9.63 Å². The molecule has 2 aromatic heterocycles. The summed E-state index contributed by atoms with van der Waals surface area (Å²) in [7, 11) is 0. The Hall–Kier alpha value is -2.66. The van der Waals surface area contributed by atoms with Crippen LogP contribution in [0, 0.1) is 0 Å². The van der Waals surface area contributed by atoms with E-state index in [0.717, 1.165) is 11.1 Å². The van der Waals surface area contributed by atoms with Crippen molar-refractivity contribution in [1.29, 1.82) is 0 Å². The Morgan fingerprint density at radius 3 is 2.80 bits per heavy atom. The summed E-state index contributed by atoms with van der Waals surface area (Å²) in [6, 6.07) is 14.7. The Kier molecular flexibility index (Phi) is 3.43. The fraction of sp³-hybridized carbons (Fsp3) is 0.0667. The molecule has 5 nitrogen and oxygen atoms in total. The molecular weight excluding hydrogens is 254 g/mol. The molecule has 0 saturated carbocycles. The van der Waals surface area contributed by atoms with Gasteiger partial charge >= 0.3 is 0 Å².